The van der Waals surface area contributed by atoms with E-state index in [2.05, 4.69) is 15.0 Å². The highest BCUT2D eigenvalue weighted by Crippen LogP contribution is 2.05. The van der Waals surface area contributed by atoms with Gasteiger partial charge in [0.1, 0.15) is 16.9 Å². The van der Waals surface area contributed by atoms with Gasteiger partial charge in [-0.05, 0) is 5.56 Å². The molecule has 0 fully saturated rings. The Labute approximate surface area is 115 Å². The van der Waals surface area contributed by atoms with E-state index in [1.807, 2.05) is 24.3 Å². The molecule has 5 nitrogen and oxygen atoms in total. The van der Waals surface area contributed by atoms with Gasteiger partial charge < -0.3 is 15.6 Å². The van der Waals surface area contributed by atoms with Gasteiger partial charge in [0.2, 0.25) is 5.91 Å². The van der Waals surface area contributed by atoms with Crippen LogP contribution in [-0.2, 0) is 17.8 Å². The van der Waals surface area contributed by atoms with Crippen molar-refractivity contribution in [1.82, 2.24) is 10.5 Å². The molecular formula is C13H13N3O2S. The Balaban J connectivity index is 1.86. The number of aromatic nitrogens is 1. The lowest BCUT2D eigenvalue weighted by Crippen LogP contribution is -2.24. The monoisotopic (exact) mass is 275 g/mol. The number of hydrogen-bond acceptors (Lipinski definition) is 4. The van der Waals surface area contributed by atoms with Crippen molar-refractivity contribution in [2.24, 2.45) is 5.73 Å². The highest BCUT2D eigenvalue weighted by Gasteiger charge is 2.05. The molecule has 3 N–H and O–H groups in total. The van der Waals surface area contributed by atoms with Crippen molar-refractivity contribution in [1.29, 1.82) is 0 Å². The first-order chi connectivity index (χ1) is 9.15. The summed E-state index contributed by atoms with van der Waals surface area (Å²) in [5.74, 6) is -0.0777. The highest BCUT2D eigenvalue weighted by atomic mass is 32.1. The minimum atomic E-state index is -0.0777. The lowest BCUT2D eigenvalue weighted by atomic mass is 10.1. The normalized spacial score (nSPS) is 10.1. The van der Waals surface area contributed by atoms with Crippen molar-refractivity contribution >= 4 is 23.1 Å². The Kier molecular flexibility index (Phi) is 4.25. The molecule has 1 aromatic heterocycles. The van der Waals surface area contributed by atoms with Gasteiger partial charge in [-0.15, -0.1) is 0 Å². The van der Waals surface area contributed by atoms with Gasteiger partial charge in [-0.1, -0.05) is 41.6 Å². The molecule has 1 amide bonds. The number of nitrogens with two attached hydrogens (primary N) is 1. The molecule has 0 spiro atoms. The first-order valence-corrected chi connectivity index (χ1v) is 6.10. The molecule has 0 aliphatic rings. The van der Waals surface area contributed by atoms with Crippen LogP contribution in [0.25, 0.3) is 0 Å². The molecule has 6 heteroatoms. The highest BCUT2D eigenvalue weighted by molar-refractivity contribution is 7.80. The average Bonchev–Trinajstić information content (AvgIpc) is 2.90. The Morgan fingerprint density at radius 2 is 2.05 bits per heavy atom. The van der Waals surface area contributed by atoms with Crippen LogP contribution in [0, 0.1) is 0 Å². The Bertz CT molecular complexity index is 564. The van der Waals surface area contributed by atoms with Gasteiger partial charge in [0.25, 0.3) is 0 Å². The molecule has 1 aromatic carbocycles. The maximum absolute atomic E-state index is 11.7. The number of carbonyl (C=O) groups excluding carboxylic acids is 1. The van der Waals surface area contributed by atoms with E-state index in [1.165, 1.54) is 6.26 Å². The predicted molar refractivity (Wildman–Crippen MR) is 74.4 cm³/mol. The van der Waals surface area contributed by atoms with Crippen molar-refractivity contribution in [2.75, 3.05) is 0 Å². The quantitative estimate of drug-likeness (QED) is 0.800. The summed E-state index contributed by atoms with van der Waals surface area (Å²) in [4.78, 5) is 12.1. The van der Waals surface area contributed by atoms with Crippen LogP contribution in [0.3, 0.4) is 0 Å². The van der Waals surface area contributed by atoms with E-state index < -0.39 is 0 Å². The van der Waals surface area contributed by atoms with Crippen LogP contribution in [-0.4, -0.2) is 16.1 Å². The molecule has 19 heavy (non-hydrogen) atoms. The molecule has 0 saturated carbocycles. The summed E-state index contributed by atoms with van der Waals surface area (Å²) >= 11 is 4.86. The number of rotatable bonds is 5. The van der Waals surface area contributed by atoms with E-state index in [0.717, 1.165) is 11.1 Å². The SMILES string of the molecule is NC(=S)c1ccc(CC(=O)NCc2ccon2)cc1. The smallest absolute Gasteiger partial charge is 0.224 e. The predicted octanol–water partition coefficient (Wildman–Crippen LogP) is 1.17. The summed E-state index contributed by atoms with van der Waals surface area (Å²) in [5, 5.41) is 6.47. The first-order valence-electron chi connectivity index (χ1n) is 5.70. The van der Waals surface area contributed by atoms with Gasteiger partial charge >= 0.3 is 0 Å². The molecule has 0 unspecified atom stereocenters. The third-order valence-electron chi connectivity index (χ3n) is 2.56. The van der Waals surface area contributed by atoms with E-state index in [-0.39, 0.29) is 5.91 Å². The van der Waals surface area contributed by atoms with Crippen molar-refractivity contribution in [3.05, 3.63) is 53.4 Å². The van der Waals surface area contributed by atoms with Crippen molar-refractivity contribution in [3.63, 3.8) is 0 Å². The number of carbonyl (C=O) groups is 1. The van der Waals surface area contributed by atoms with Crippen LogP contribution in [0.1, 0.15) is 16.8 Å². The fourth-order valence-electron chi connectivity index (χ4n) is 1.55. The van der Waals surface area contributed by atoms with Crippen LogP contribution in [0.2, 0.25) is 0 Å². The Morgan fingerprint density at radius 1 is 1.32 bits per heavy atom. The molecule has 2 aromatic rings. The van der Waals surface area contributed by atoms with Crippen LogP contribution in [0.15, 0.2) is 41.1 Å². The molecule has 0 bridgehead atoms. The van der Waals surface area contributed by atoms with E-state index in [1.54, 1.807) is 6.07 Å². The summed E-state index contributed by atoms with van der Waals surface area (Å²) in [6.45, 7) is 0.361. The minimum Gasteiger partial charge on any atom is -0.389 e. The number of amides is 1. The lowest BCUT2D eigenvalue weighted by Gasteiger charge is -2.04. The van der Waals surface area contributed by atoms with Crippen LogP contribution >= 0.6 is 12.2 Å². The Morgan fingerprint density at radius 3 is 2.63 bits per heavy atom. The van der Waals surface area contributed by atoms with Gasteiger partial charge in [0, 0.05) is 11.6 Å². The zero-order chi connectivity index (χ0) is 13.7. The number of nitrogens with one attached hydrogen (secondary N) is 1. The molecule has 0 atom stereocenters. The average molecular weight is 275 g/mol. The zero-order valence-electron chi connectivity index (χ0n) is 10.1. The maximum atomic E-state index is 11.7. The molecular weight excluding hydrogens is 262 g/mol. The molecule has 0 aliphatic carbocycles. The summed E-state index contributed by atoms with van der Waals surface area (Å²) in [5.41, 5.74) is 7.89. The standard InChI is InChI=1S/C13H13N3O2S/c14-13(19)10-3-1-9(2-4-10)7-12(17)15-8-11-5-6-18-16-11/h1-6H,7-8H2,(H2,14,19)(H,15,17). The summed E-state index contributed by atoms with van der Waals surface area (Å²) in [6, 6.07) is 9.00. The zero-order valence-corrected chi connectivity index (χ0v) is 10.9. The second-order valence-electron chi connectivity index (χ2n) is 4.01. The summed E-state index contributed by atoms with van der Waals surface area (Å²) < 4.78 is 4.68. The van der Waals surface area contributed by atoms with Gasteiger partial charge in [-0.2, -0.15) is 0 Å². The molecule has 98 valence electrons. The van der Waals surface area contributed by atoms with Crippen molar-refractivity contribution in [2.45, 2.75) is 13.0 Å². The second-order valence-corrected chi connectivity index (χ2v) is 4.45. The summed E-state index contributed by atoms with van der Waals surface area (Å²) in [7, 11) is 0. The fraction of sp³-hybridized carbons (Fsp3) is 0.154. The number of benzene rings is 1. The number of nitrogens with zero attached hydrogens (tertiary/aromatic N) is 1. The topological polar surface area (TPSA) is 81.2 Å². The Hall–Kier alpha value is -2.21. The summed E-state index contributed by atoms with van der Waals surface area (Å²) in [6.07, 6.45) is 1.77. The molecule has 1 heterocycles. The first kappa shape index (κ1) is 13.2. The van der Waals surface area contributed by atoms with Crippen molar-refractivity contribution < 1.29 is 9.32 Å². The molecule has 0 saturated heterocycles. The minimum absolute atomic E-state index is 0.0777. The van der Waals surface area contributed by atoms with Crippen LogP contribution < -0.4 is 11.1 Å². The van der Waals surface area contributed by atoms with E-state index in [0.29, 0.717) is 23.6 Å². The van der Waals surface area contributed by atoms with Gasteiger partial charge in [0.15, 0.2) is 0 Å². The second kappa shape index (κ2) is 6.10. The van der Waals surface area contributed by atoms with Crippen LogP contribution in [0.5, 0.6) is 0 Å². The fourth-order valence-corrected chi connectivity index (χ4v) is 1.69. The van der Waals surface area contributed by atoms with Gasteiger partial charge in [0.05, 0.1) is 13.0 Å². The third-order valence-corrected chi connectivity index (χ3v) is 2.80. The van der Waals surface area contributed by atoms with Gasteiger partial charge in [-0.3, -0.25) is 4.79 Å². The lowest BCUT2D eigenvalue weighted by molar-refractivity contribution is -0.120. The van der Waals surface area contributed by atoms with Crippen LogP contribution in [0.4, 0.5) is 0 Å². The molecule has 2 rings (SSSR count). The largest absolute Gasteiger partial charge is 0.389 e. The van der Waals surface area contributed by atoms with Gasteiger partial charge in [-0.25, -0.2) is 0 Å². The number of thiocarbonyl (C=S) groups is 1. The van der Waals surface area contributed by atoms with Crippen molar-refractivity contribution in [3.8, 4) is 0 Å². The maximum Gasteiger partial charge on any atom is 0.224 e. The third kappa shape index (κ3) is 3.89. The molecule has 0 radical (unpaired) electrons. The van der Waals surface area contributed by atoms with E-state index >= 15 is 0 Å². The molecule has 0 aliphatic heterocycles. The van der Waals surface area contributed by atoms with E-state index in [4.69, 9.17) is 18.0 Å². The van der Waals surface area contributed by atoms with E-state index in [9.17, 15) is 4.79 Å². The number of hydrogen-bond donors (Lipinski definition) is 2.